The molecule has 0 saturated carbocycles. The van der Waals surface area contributed by atoms with Gasteiger partial charge in [0.1, 0.15) is 0 Å². The minimum atomic E-state index is -3.47. The SMILES string of the molecule is NS(=O)(=O)CCN1CCCC(Br)C1=O. The van der Waals surface area contributed by atoms with Crippen molar-refractivity contribution in [3.8, 4) is 0 Å². The van der Waals surface area contributed by atoms with Gasteiger partial charge in [-0.2, -0.15) is 0 Å². The Morgan fingerprint density at radius 1 is 1.57 bits per heavy atom. The van der Waals surface area contributed by atoms with Gasteiger partial charge in [-0.25, -0.2) is 13.6 Å². The van der Waals surface area contributed by atoms with Crippen LogP contribution < -0.4 is 5.14 Å². The second kappa shape index (κ2) is 4.59. The van der Waals surface area contributed by atoms with Crippen molar-refractivity contribution in [3.05, 3.63) is 0 Å². The molecular weight excluding hydrogens is 272 g/mol. The maximum Gasteiger partial charge on any atom is 0.236 e. The maximum atomic E-state index is 11.5. The highest BCUT2D eigenvalue weighted by Gasteiger charge is 2.26. The summed E-state index contributed by atoms with van der Waals surface area (Å²) in [5, 5.41) is 4.86. The molecule has 1 amide bonds. The van der Waals surface area contributed by atoms with Gasteiger partial charge in [0.05, 0.1) is 10.6 Å². The molecule has 1 atom stereocenters. The first-order valence-corrected chi connectivity index (χ1v) is 6.96. The van der Waals surface area contributed by atoms with Crippen molar-refractivity contribution < 1.29 is 13.2 Å². The highest BCUT2D eigenvalue weighted by molar-refractivity contribution is 9.10. The van der Waals surface area contributed by atoms with Gasteiger partial charge in [0, 0.05) is 13.1 Å². The van der Waals surface area contributed by atoms with E-state index in [4.69, 9.17) is 5.14 Å². The molecule has 82 valence electrons. The minimum Gasteiger partial charge on any atom is -0.341 e. The van der Waals surface area contributed by atoms with Gasteiger partial charge in [0.25, 0.3) is 0 Å². The summed E-state index contributed by atoms with van der Waals surface area (Å²) >= 11 is 3.24. The van der Waals surface area contributed by atoms with Crippen LogP contribution in [-0.2, 0) is 14.8 Å². The van der Waals surface area contributed by atoms with Crippen LogP contribution in [-0.4, -0.2) is 42.9 Å². The van der Waals surface area contributed by atoms with Crippen LogP contribution in [0.25, 0.3) is 0 Å². The van der Waals surface area contributed by atoms with Crippen molar-refractivity contribution in [1.29, 1.82) is 0 Å². The lowest BCUT2D eigenvalue weighted by molar-refractivity contribution is -0.132. The van der Waals surface area contributed by atoms with Gasteiger partial charge >= 0.3 is 0 Å². The number of likely N-dealkylation sites (tertiary alicyclic amines) is 1. The Labute approximate surface area is 91.8 Å². The number of alkyl halides is 1. The predicted molar refractivity (Wildman–Crippen MR) is 56.5 cm³/mol. The van der Waals surface area contributed by atoms with Crippen molar-refractivity contribution in [1.82, 2.24) is 4.90 Å². The van der Waals surface area contributed by atoms with E-state index in [1.807, 2.05) is 0 Å². The summed E-state index contributed by atoms with van der Waals surface area (Å²) in [4.78, 5) is 12.9. The summed E-state index contributed by atoms with van der Waals surface area (Å²) in [6.07, 6.45) is 1.71. The molecule has 1 fully saturated rings. The smallest absolute Gasteiger partial charge is 0.236 e. The van der Waals surface area contributed by atoms with E-state index >= 15 is 0 Å². The van der Waals surface area contributed by atoms with E-state index in [-0.39, 0.29) is 23.0 Å². The molecule has 1 aliphatic rings. The molecule has 1 aliphatic heterocycles. The molecule has 0 aromatic carbocycles. The number of rotatable bonds is 3. The van der Waals surface area contributed by atoms with Gasteiger partial charge in [0.15, 0.2) is 0 Å². The highest BCUT2D eigenvalue weighted by atomic mass is 79.9. The largest absolute Gasteiger partial charge is 0.341 e. The number of nitrogens with two attached hydrogens (primary N) is 1. The number of carbonyl (C=O) groups excluding carboxylic acids is 1. The summed E-state index contributed by atoms with van der Waals surface area (Å²) in [5.41, 5.74) is 0. The van der Waals surface area contributed by atoms with E-state index in [1.54, 1.807) is 0 Å². The number of piperidine rings is 1. The Hall–Kier alpha value is -0.140. The quantitative estimate of drug-likeness (QED) is 0.720. The van der Waals surface area contributed by atoms with Crippen LogP contribution in [0.1, 0.15) is 12.8 Å². The fraction of sp³-hybridized carbons (Fsp3) is 0.857. The molecule has 1 heterocycles. The number of sulfonamides is 1. The molecule has 1 saturated heterocycles. The van der Waals surface area contributed by atoms with E-state index in [0.717, 1.165) is 12.8 Å². The lowest BCUT2D eigenvalue weighted by Crippen LogP contribution is -2.44. The van der Waals surface area contributed by atoms with Crippen molar-refractivity contribution in [2.45, 2.75) is 17.7 Å². The third kappa shape index (κ3) is 3.55. The zero-order chi connectivity index (χ0) is 10.8. The molecule has 0 aliphatic carbocycles. The molecule has 0 aromatic heterocycles. The van der Waals surface area contributed by atoms with Gasteiger partial charge in [-0.1, -0.05) is 15.9 Å². The second-order valence-electron chi connectivity index (χ2n) is 3.30. The number of amides is 1. The van der Waals surface area contributed by atoms with Crippen LogP contribution in [0.5, 0.6) is 0 Å². The zero-order valence-electron chi connectivity index (χ0n) is 7.65. The van der Waals surface area contributed by atoms with Gasteiger partial charge in [-0.3, -0.25) is 4.79 Å². The number of primary sulfonamides is 1. The summed E-state index contributed by atoms with van der Waals surface area (Å²) in [7, 11) is -3.47. The second-order valence-corrected chi connectivity index (χ2v) is 6.14. The van der Waals surface area contributed by atoms with Gasteiger partial charge in [-0.05, 0) is 12.8 Å². The van der Waals surface area contributed by atoms with E-state index < -0.39 is 10.0 Å². The summed E-state index contributed by atoms with van der Waals surface area (Å²) in [6.45, 7) is 0.816. The molecule has 0 bridgehead atoms. The number of halogens is 1. The number of carbonyl (C=O) groups is 1. The summed E-state index contributed by atoms with van der Waals surface area (Å²) in [5.74, 6) is -0.210. The lowest BCUT2D eigenvalue weighted by Gasteiger charge is -2.29. The average Bonchev–Trinajstić information content (AvgIpc) is 2.06. The Bertz CT molecular complexity index is 317. The molecule has 5 nitrogen and oxygen atoms in total. The van der Waals surface area contributed by atoms with Crippen LogP contribution >= 0.6 is 15.9 Å². The topological polar surface area (TPSA) is 80.5 Å². The van der Waals surface area contributed by atoms with E-state index in [9.17, 15) is 13.2 Å². The number of hydrogen-bond donors (Lipinski definition) is 1. The van der Waals surface area contributed by atoms with E-state index in [1.165, 1.54) is 4.90 Å². The maximum absolute atomic E-state index is 11.5. The van der Waals surface area contributed by atoms with Crippen molar-refractivity contribution >= 4 is 31.9 Å². The van der Waals surface area contributed by atoms with Crippen molar-refractivity contribution in [2.75, 3.05) is 18.8 Å². The van der Waals surface area contributed by atoms with Crippen LogP contribution in [0.4, 0.5) is 0 Å². The first-order valence-electron chi connectivity index (χ1n) is 4.33. The predicted octanol–water partition coefficient (Wildman–Crippen LogP) is -0.339. The molecule has 14 heavy (non-hydrogen) atoms. The molecule has 1 unspecified atom stereocenters. The molecular formula is C7H13BrN2O3S. The third-order valence-corrected chi connectivity index (χ3v) is 3.71. The van der Waals surface area contributed by atoms with Crippen molar-refractivity contribution in [2.24, 2.45) is 5.14 Å². The number of hydrogen-bond acceptors (Lipinski definition) is 3. The first kappa shape index (κ1) is 11.9. The Kier molecular flexibility index (Phi) is 3.91. The third-order valence-electron chi connectivity index (χ3n) is 2.11. The molecule has 1 rings (SSSR count). The van der Waals surface area contributed by atoms with Crippen LogP contribution in [0.15, 0.2) is 0 Å². The van der Waals surface area contributed by atoms with Crippen LogP contribution in [0, 0.1) is 0 Å². The van der Waals surface area contributed by atoms with Crippen LogP contribution in [0.2, 0.25) is 0 Å². The normalized spacial score (nSPS) is 24.0. The molecule has 0 spiro atoms. The molecule has 7 heteroatoms. The Morgan fingerprint density at radius 3 is 2.79 bits per heavy atom. The van der Waals surface area contributed by atoms with Crippen LogP contribution in [0.3, 0.4) is 0 Å². The summed E-state index contributed by atoms with van der Waals surface area (Å²) in [6, 6.07) is 0. The Morgan fingerprint density at radius 2 is 2.21 bits per heavy atom. The number of nitrogens with zero attached hydrogens (tertiary/aromatic N) is 1. The van der Waals surface area contributed by atoms with E-state index in [2.05, 4.69) is 15.9 Å². The van der Waals surface area contributed by atoms with Gasteiger partial charge in [0.2, 0.25) is 15.9 Å². The van der Waals surface area contributed by atoms with Gasteiger partial charge in [-0.15, -0.1) is 0 Å². The fourth-order valence-electron chi connectivity index (χ4n) is 1.35. The Balaban J connectivity index is 2.48. The van der Waals surface area contributed by atoms with Gasteiger partial charge < -0.3 is 4.90 Å². The monoisotopic (exact) mass is 284 g/mol. The fourth-order valence-corrected chi connectivity index (χ4v) is 2.44. The molecule has 2 N–H and O–H groups in total. The van der Waals surface area contributed by atoms with Crippen molar-refractivity contribution in [3.63, 3.8) is 0 Å². The van der Waals surface area contributed by atoms with E-state index in [0.29, 0.717) is 6.54 Å². The lowest BCUT2D eigenvalue weighted by atomic mass is 10.1. The summed E-state index contributed by atoms with van der Waals surface area (Å²) < 4.78 is 21.4. The first-order chi connectivity index (χ1) is 6.40. The minimum absolute atomic E-state index is 0.0418. The zero-order valence-corrected chi connectivity index (χ0v) is 10.1. The molecule has 0 aromatic rings. The average molecular weight is 285 g/mol. The molecule has 0 radical (unpaired) electrons. The highest BCUT2D eigenvalue weighted by Crippen LogP contribution is 2.17. The standard InChI is InChI=1S/C7H13BrN2O3S/c8-6-2-1-3-10(7(6)11)4-5-14(9,12)13/h6H,1-5H2,(H2,9,12,13).